The molecule has 2 aromatic heterocycles. The summed E-state index contributed by atoms with van der Waals surface area (Å²) in [7, 11) is 1.69. The lowest BCUT2D eigenvalue weighted by Gasteiger charge is -2.34. The van der Waals surface area contributed by atoms with Crippen molar-refractivity contribution in [2.24, 2.45) is 0 Å². The molecule has 0 unspecified atom stereocenters. The van der Waals surface area contributed by atoms with E-state index in [1.165, 1.54) is 21.2 Å². The summed E-state index contributed by atoms with van der Waals surface area (Å²) in [5, 5.41) is 3.50. The van der Waals surface area contributed by atoms with E-state index in [1.54, 1.807) is 24.8 Å². The molecule has 1 saturated heterocycles. The summed E-state index contributed by atoms with van der Waals surface area (Å²) in [4.78, 5) is 13.6. The van der Waals surface area contributed by atoms with Gasteiger partial charge in [0.05, 0.1) is 19.1 Å². The van der Waals surface area contributed by atoms with Crippen molar-refractivity contribution in [3.63, 3.8) is 0 Å². The van der Waals surface area contributed by atoms with Crippen molar-refractivity contribution < 1.29 is 9.47 Å². The zero-order chi connectivity index (χ0) is 19.1. The first-order valence-corrected chi connectivity index (χ1v) is 10.2. The molecule has 6 heteroatoms. The van der Waals surface area contributed by atoms with Crippen LogP contribution < -0.4 is 9.64 Å². The number of hydrogen-bond donors (Lipinski definition) is 0. The number of thiophene rings is 1. The van der Waals surface area contributed by atoms with Gasteiger partial charge in [-0.15, -0.1) is 11.3 Å². The van der Waals surface area contributed by atoms with E-state index >= 15 is 0 Å². The van der Waals surface area contributed by atoms with Gasteiger partial charge < -0.3 is 14.4 Å². The number of methoxy groups -OCH3 is 1. The Morgan fingerprint density at radius 3 is 2.86 bits per heavy atom. The first-order chi connectivity index (χ1) is 13.7. The van der Waals surface area contributed by atoms with Crippen molar-refractivity contribution in [2.45, 2.75) is 13.0 Å². The summed E-state index contributed by atoms with van der Waals surface area (Å²) in [5.74, 6) is 1.88. The fourth-order valence-corrected chi connectivity index (χ4v) is 4.67. The van der Waals surface area contributed by atoms with Crippen LogP contribution in [0.4, 0.5) is 5.82 Å². The summed E-state index contributed by atoms with van der Waals surface area (Å²) in [5.41, 5.74) is 1.19. The zero-order valence-electron chi connectivity index (χ0n) is 15.9. The lowest BCUT2D eigenvalue weighted by Crippen LogP contribution is -2.39. The standard InChI is InChI=1S/C22H21N3O2S/c1-14-9-19-21(23-13-24-22(19)28-14)25-7-8-27-20(12-25)17-4-3-16-11-18(26-2)6-5-15(16)10-17/h3-6,9-11,13,20H,7-8,12H2,1-2H3/t20-/m0/s1. The van der Waals surface area contributed by atoms with E-state index in [0.717, 1.165) is 34.9 Å². The Bertz CT molecular complexity index is 1160. The predicted molar refractivity (Wildman–Crippen MR) is 114 cm³/mol. The summed E-state index contributed by atoms with van der Waals surface area (Å²) in [6.07, 6.45) is 1.69. The van der Waals surface area contributed by atoms with Gasteiger partial charge in [0.15, 0.2) is 0 Å². The number of hydrogen-bond acceptors (Lipinski definition) is 6. The molecule has 0 spiro atoms. The smallest absolute Gasteiger partial charge is 0.140 e. The number of nitrogens with zero attached hydrogens (tertiary/aromatic N) is 3. The fraction of sp³-hybridized carbons (Fsp3) is 0.273. The van der Waals surface area contributed by atoms with E-state index in [4.69, 9.17) is 9.47 Å². The minimum absolute atomic E-state index is 0.0185. The van der Waals surface area contributed by atoms with Crippen LogP contribution in [-0.2, 0) is 4.74 Å². The van der Waals surface area contributed by atoms with Gasteiger partial charge in [0.25, 0.3) is 0 Å². The van der Waals surface area contributed by atoms with Gasteiger partial charge in [-0.25, -0.2) is 9.97 Å². The van der Waals surface area contributed by atoms with Gasteiger partial charge in [0, 0.05) is 18.0 Å². The first-order valence-electron chi connectivity index (χ1n) is 9.37. The normalized spacial score (nSPS) is 17.4. The average Bonchev–Trinajstić information content (AvgIpc) is 3.13. The maximum Gasteiger partial charge on any atom is 0.140 e. The van der Waals surface area contributed by atoms with Crippen LogP contribution in [0, 0.1) is 6.92 Å². The van der Waals surface area contributed by atoms with Crippen LogP contribution in [-0.4, -0.2) is 36.8 Å². The molecule has 0 N–H and O–H groups in total. The van der Waals surface area contributed by atoms with Crippen LogP contribution in [0.5, 0.6) is 5.75 Å². The topological polar surface area (TPSA) is 47.5 Å². The minimum Gasteiger partial charge on any atom is -0.497 e. The molecule has 3 heterocycles. The molecular formula is C22H21N3O2S. The van der Waals surface area contributed by atoms with Crippen molar-refractivity contribution in [2.75, 3.05) is 31.7 Å². The molecule has 1 aliphatic rings. The van der Waals surface area contributed by atoms with Gasteiger partial charge in [0.2, 0.25) is 0 Å². The van der Waals surface area contributed by atoms with Crippen molar-refractivity contribution in [1.82, 2.24) is 9.97 Å². The third-order valence-corrected chi connectivity index (χ3v) is 6.20. The van der Waals surface area contributed by atoms with E-state index in [2.05, 4.69) is 58.2 Å². The first kappa shape index (κ1) is 17.4. The molecule has 1 aliphatic heterocycles. The largest absolute Gasteiger partial charge is 0.497 e. The molecule has 28 heavy (non-hydrogen) atoms. The molecule has 0 amide bonds. The van der Waals surface area contributed by atoms with Crippen molar-refractivity contribution in [3.8, 4) is 5.75 Å². The Morgan fingerprint density at radius 2 is 1.96 bits per heavy atom. The van der Waals surface area contributed by atoms with E-state index in [0.29, 0.717) is 6.61 Å². The van der Waals surface area contributed by atoms with Crippen molar-refractivity contribution in [1.29, 1.82) is 0 Å². The highest BCUT2D eigenvalue weighted by molar-refractivity contribution is 7.18. The second-order valence-corrected chi connectivity index (χ2v) is 8.29. The minimum atomic E-state index is 0.0185. The molecule has 5 rings (SSSR count). The van der Waals surface area contributed by atoms with Gasteiger partial charge >= 0.3 is 0 Å². The summed E-state index contributed by atoms with van der Waals surface area (Å²) in [6.45, 7) is 4.41. The molecule has 0 saturated carbocycles. The average molecular weight is 391 g/mol. The molecule has 0 aliphatic carbocycles. The Labute approximate surface area is 167 Å². The van der Waals surface area contributed by atoms with Gasteiger partial charge in [0.1, 0.15) is 28.8 Å². The number of fused-ring (bicyclic) bond motifs is 2. The molecule has 1 atom stereocenters. The second-order valence-electron chi connectivity index (χ2n) is 7.05. The van der Waals surface area contributed by atoms with E-state index in [-0.39, 0.29) is 6.10 Å². The summed E-state index contributed by atoms with van der Waals surface area (Å²) < 4.78 is 11.4. The highest BCUT2D eigenvalue weighted by atomic mass is 32.1. The number of morpholine rings is 1. The zero-order valence-corrected chi connectivity index (χ0v) is 16.7. The molecule has 5 nitrogen and oxygen atoms in total. The number of aryl methyl sites for hydroxylation is 1. The monoisotopic (exact) mass is 391 g/mol. The SMILES string of the molecule is COc1ccc2cc([C@@H]3CN(c4ncnc5sc(C)cc45)CCO3)ccc2c1. The Balaban J connectivity index is 1.46. The predicted octanol–water partition coefficient (Wildman–Crippen LogP) is 4.74. The molecule has 142 valence electrons. The molecule has 2 aromatic carbocycles. The molecule has 4 aromatic rings. The maximum atomic E-state index is 6.12. The highest BCUT2D eigenvalue weighted by Crippen LogP contribution is 2.33. The van der Waals surface area contributed by atoms with Gasteiger partial charge in [-0.2, -0.15) is 0 Å². The van der Waals surface area contributed by atoms with Crippen LogP contribution in [0.1, 0.15) is 16.5 Å². The summed E-state index contributed by atoms with van der Waals surface area (Å²) in [6, 6.07) is 14.8. The van der Waals surface area contributed by atoms with Crippen LogP contribution in [0.15, 0.2) is 48.8 Å². The Morgan fingerprint density at radius 1 is 1.11 bits per heavy atom. The van der Waals surface area contributed by atoms with Crippen LogP contribution in [0.2, 0.25) is 0 Å². The number of anilines is 1. The number of rotatable bonds is 3. The van der Waals surface area contributed by atoms with Crippen LogP contribution in [0.3, 0.4) is 0 Å². The molecular weight excluding hydrogens is 370 g/mol. The summed E-state index contributed by atoms with van der Waals surface area (Å²) >= 11 is 1.71. The highest BCUT2D eigenvalue weighted by Gasteiger charge is 2.25. The van der Waals surface area contributed by atoms with Gasteiger partial charge in [-0.3, -0.25) is 0 Å². The van der Waals surface area contributed by atoms with E-state index in [9.17, 15) is 0 Å². The van der Waals surface area contributed by atoms with Crippen molar-refractivity contribution in [3.05, 3.63) is 59.2 Å². The molecule has 0 radical (unpaired) electrons. The van der Waals surface area contributed by atoms with Gasteiger partial charge in [-0.05, 0) is 47.5 Å². The van der Waals surface area contributed by atoms with Crippen LogP contribution in [0.25, 0.3) is 21.0 Å². The van der Waals surface area contributed by atoms with Crippen LogP contribution >= 0.6 is 11.3 Å². The second kappa shape index (κ2) is 7.04. The lowest BCUT2D eigenvalue weighted by molar-refractivity contribution is 0.0397. The molecule has 1 fully saturated rings. The van der Waals surface area contributed by atoms with Crippen molar-refractivity contribution >= 4 is 38.1 Å². The van der Waals surface area contributed by atoms with Gasteiger partial charge in [-0.1, -0.05) is 18.2 Å². The van der Waals surface area contributed by atoms with E-state index < -0.39 is 0 Å². The van der Waals surface area contributed by atoms with E-state index in [1.807, 2.05) is 6.07 Å². The quantitative estimate of drug-likeness (QED) is 0.505. The maximum absolute atomic E-state index is 6.12. The molecule has 0 bridgehead atoms. The number of ether oxygens (including phenoxy) is 2. The number of benzene rings is 2. The number of aromatic nitrogens is 2. The lowest BCUT2D eigenvalue weighted by atomic mass is 10.0. The Hall–Kier alpha value is -2.70. The fourth-order valence-electron chi connectivity index (χ4n) is 3.83. The third-order valence-electron chi connectivity index (χ3n) is 5.24. The third kappa shape index (κ3) is 3.08. The Kier molecular flexibility index (Phi) is 4.37.